The molecule has 0 fully saturated rings. The Morgan fingerprint density at radius 2 is 1.86 bits per heavy atom. The van der Waals surface area contributed by atoms with Gasteiger partial charge in [0.1, 0.15) is 12.4 Å². The number of likely N-dealkylation sites (N-methyl/N-ethyl adjacent to an activating group) is 1. The minimum absolute atomic E-state index is 0.00123. The van der Waals surface area contributed by atoms with Crippen LogP contribution in [0.15, 0.2) is 48.5 Å². The highest BCUT2D eigenvalue weighted by Crippen LogP contribution is 2.27. The minimum atomic E-state index is -0.321. The average Bonchev–Trinajstić information content (AvgIpc) is 2.84. The van der Waals surface area contributed by atoms with Crippen LogP contribution in [0.2, 0.25) is 0 Å². The smallest absolute Gasteiger partial charge is 0.319 e. The van der Waals surface area contributed by atoms with Crippen molar-refractivity contribution in [3.05, 3.63) is 59.7 Å². The topological polar surface area (TPSA) is 83.1 Å². The number of hydrogen-bond acceptors (Lipinski definition) is 5. The number of carbonyl (C=O) groups is 2. The highest BCUT2D eigenvalue weighted by Gasteiger charge is 2.28. The highest BCUT2D eigenvalue weighted by molar-refractivity contribution is 5.99. The molecule has 0 bridgehead atoms. The number of urea groups is 1. The first-order chi connectivity index (χ1) is 17.2. The SMILES string of the molecule is CO[C@@H]1CN(C)C(=O)c2cc(NC(=O)NC(C)C)ccc2OC[C@@H](C)N(Cc2ccccc2)C[C@H]1C. The van der Waals surface area contributed by atoms with Crippen LogP contribution in [0, 0.1) is 5.92 Å². The summed E-state index contributed by atoms with van der Waals surface area (Å²) in [5.74, 6) is 0.500. The molecule has 2 aromatic rings. The van der Waals surface area contributed by atoms with E-state index in [0.29, 0.717) is 30.2 Å². The molecular weight excluding hydrogens is 456 g/mol. The first-order valence-corrected chi connectivity index (χ1v) is 12.6. The molecule has 196 valence electrons. The standard InChI is InChI=1S/C28H40N4O4/c1-19(2)29-28(34)30-23-12-13-25-24(14-23)27(33)31(5)17-26(35-6)20(3)15-32(21(4)18-36-25)16-22-10-8-7-9-11-22/h7-14,19-21,26H,15-18H2,1-6H3,(H2,29,30,34)/t20-,21-,26-/m1/s1. The molecule has 1 aliphatic rings. The Morgan fingerprint density at radius 1 is 1.14 bits per heavy atom. The van der Waals surface area contributed by atoms with Crippen LogP contribution < -0.4 is 15.4 Å². The van der Waals surface area contributed by atoms with Gasteiger partial charge in [0, 0.05) is 51.6 Å². The van der Waals surface area contributed by atoms with Crippen molar-refractivity contribution in [3.8, 4) is 5.75 Å². The molecule has 1 heterocycles. The lowest BCUT2D eigenvalue weighted by Gasteiger charge is -2.36. The minimum Gasteiger partial charge on any atom is -0.491 e. The predicted octanol–water partition coefficient (Wildman–Crippen LogP) is 4.22. The van der Waals surface area contributed by atoms with Crippen LogP contribution in [-0.2, 0) is 11.3 Å². The second kappa shape index (κ2) is 12.7. The van der Waals surface area contributed by atoms with E-state index in [0.717, 1.165) is 13.1 Å². The summed E-state index contributed by atoms with van der Waals surface area (Å²) in [5, 5.41) is 5.60. The molecule has 0 radical (unpaired) electrons. The molecule has 3 amide bonds. The summed E-state index contributed by atoms with van der Waals surface area (Å²) in [4.78, 5) is 29.8. The first-order valence-electron chi connectivity index (χ1n) is 12.6. The first kappa shape index (κ1) is 27.5. The number of fused-ring (bicyclic) bond motifs is 1. The van der Waals surface area contributed by atoms with E-state index < -0.39 is 0 Å². The molecule has 3 rings (SSSR count). The molecule has 0 saturated heterocycles. The number of amides is 3. The number of methoxy groups -OCH3 is 1. The van der Waals surface area contributed by atoms with Crippen LogP contribution >= 0.6 is 0 Å². The van der Waals surface area contributed by atoms with Gasteiger partial charge in [-0.2, -0.15) is 0 Å². The number of hydrogen-bond donors (Lipinski definition) is 2. The molecule has 2 N–H and O–H groups in total. The maximum Gasteiger partial charge on any atom is 0.319 e. The third-order valence-corrected chi connectivity index (χ3v) is 6.48. The van der Waals surface area contributed by atoms with E-state index in [4.69, 9.17) is 9.47 Å². The summed E-state index contributed by atoms with van der Waals surface area (Å²) in [6.45, 7) is 10.5. The van der Waals surface area contributed by atoms with Gasteiger partial charge >= 0.3 is 6.03 Å². The van der Waals surface area contributed by atoms with Crippen LogP contribution in [0.25, 0.3) is 0 Å². The van der Waals surface area contributed by atoms with Gasteiger partial charge in [-0.15, -0.1) is 0 Å². The molecular formula is C28H40N4O4. The lowest BCUT2D eigenvalue weighted by atomic mass is 10.0. The molecule has 0 aromatic heterocycles. The third-order valence-electron chi connectivity index (χ3n) is 6.48. The fraction of sp³-hybridized carbons (Fsp3) is 0.500. The summed E-state index contributed by atoms with van der Waals surface area (Å²) in [7, 11) is 3.47. The molecule has 0 unspecified atom stereocenters. The van der Waals surface area contributed by atoms with Crippen molar-refractivity contribution in [2.75, 3.05) is 39.2 Å². The number of nitrogens with one attached hydrogen (secondary N) is 2. The second-order valence-corrected chi connectivity index (χ2v) is 9.98. The zero-order chi connectivity index (χ0) is 26.2. The van der Waals surface area contributed by atoms with Gasteiger partial charge in [-0.05, 0) is 50.5 Å². The average molecular weight is 497 g/mol. The fourth-order valence-corrected chi connectivity index (χ4v) is 4.40. The van der Waals surface area contributed by atoms with E-state index in [9.17, 15) is 9.59 Å². The number of rotatable bonds is 5. The van der Waals surface area contributed by atoms with E-state index in [1.165, 1.54) is 5.56 Å². The number of benzene rings is 2. The number of anilines is 1. The van der Waals surface area contributed by atoms with Crippen LogP contribution in [0.1, 0.15) is 43.6 Å². The van der Waals surface area contributed by atoms with Crippen molar-refractivity contribution in [2.24, 2.45) is 5.92 Å². The monoisotopic (exact) mass is 496 g/mol. The van der Waals surface area contributed by atoms with E-state index in [1.54, 1.807) is 37.3 Å². The Kier molecular flexibility index (Phi) is 9.73. The van der Waals surface area contributed by atoms with E-state index in [1.807, 2.05) is 19.9 Å². The maximum atomic E-state index is 13.5. The third kappa shape index (κ3) is 7.45. The van der Waals surface area contributed by atoms with E-state index in [2.05, 4.69) is 53.6 Å². The Bertz CT molecular complexity index is 1010. The molecule has 0 saturated carbocycles. The van der Waals surface area contributed by atoms with Gasteiger partial charge in [0.15, 0.2) is 0 Å². The molecule has 3 atom stereocenters. The molecule has 0 spiro atoms. The predicted molar refractivity (Wildman–Crippen MR) is 142 cm³/mol. The molecule has 0 aliphatic carbocycles. The normalized spacial score (nSPS) is 21.7. The second-order valence-electron chi connectivity index (χ2n) is 9.98. The lowest BCUT2D eigenvalue weighted by Crippen LogP contribution is -2.46. The molecule has 36 heavy (non-hydrogen) atoms. The zero-order valence-electron chi connectivity index (χ0n) is 22.3. The van der Waals surface area contributed by atoms with Crippen LogP contribution in [-0.4, -0.2) is 73.8 Å². The summed E-state index contributed by atoms with van der Waals surface area (Å²) in [6.07, 6.45) is -0.133. The van der Waals surface area contributed by atoms with Gasteiger partial charge < -0.3 is 25.0 Å². The molecule has 8 nitrogen and oxygen atoms in total. The number of nitrogens with zero attached hydrogens (tertiary/aromatic N) is 2. The van der Waals surface area contributed by atoms with Crippen molar-refractivity contribution < 1.29 is 19.1 Å². The molecule has 2 aromatic carbocycles. The summed E-state index contributed by atoms with van der Waals surface area (Å²) < 4.78 is 12.1. The van der Waals surface area contributed by atoms with Crippen LogP contribution in [0.3, 0.4) is 0 Å². The molecule has 1 aliphatic heterocycles. The Hall–Kier alpha value is -3.10. The van der Waals surface area contributed by atoms with Crippen molar-refractivity contribution in [2.45, 2.75) is 52.4 Å². The molecule has 8 heteroatoms. The summed E-state index contributed by atoms with van der Waals surface area (Å²) in [6, 6.07) is 15.4. The van der Waals surface area contributed by atoms with E-state index in [-0.39, 0.29) is 36.0 Å². The van der Waals surface area contributed by atoms with Crippen molar-refractivity contribution >= 4 is 17.6 Å². The number of ether oxygens (including phenoxy) is 2. The van der Waals surface area contributed by atoms with Gasteiger partial charge in [-0.1, -0.05) is 37.3 Å². The van der Waals surface area contributed by atoms with E-state index >= 15 is 0 Å². The van der Waals surface area contributed by atoms with Gasteiger partial charge in [0.25, 0.3) is 5.91 Å². The Labute approximate surface area is 214 Å². The van der Waals surface area contributed by atoms with Crippen molar-refractivity contribution in [3.63, 3.8) is 0 Å². The summed E-state index contributed by atoms with van der Waals surface area (Å²) >= 11 is 0. The zero-order valence-corrected chi connectivity index (χ0v) is 22.3. The fourth-order valence-electron chi connectivity index (χ4n) is 4.40. The van der Waals surface area contributed by atoms with Gasteiger partial charge in [-0.3, -0.25) is 9.69 Å². The summed E-state index contributed by atoms with van der Waals surface area (Å²) in [5.41, 5.74) is 2.17. The largest absolute Gasteiger partial charge is 0.491 e. The van der Waals surface area contributed by atoms with Crippen molar-refractivity contribution in [1.29, 1.82) is 0 Å². The van der Waals surface area contributed by atoms with Crippen LogP contribution in [0.4, 0.5) is 10.5 Å². The lowest BCUT2D eigenvalue weighted by molar-refractivity contribution is 0.00921. The van der Waals surface area contributed by atoms with Gasteiger partial charge in [-0.25, -0.2) is 4.79 Å². The Morgan fingerprint density at radius 3 is 2.53 bits per heavy atom. The van der Waals surface area contributed by atoms with Crippen LogP contribution in [0.5, 0.6) is 5.75 Å². The van der Waals surface area contributed by atoms with Crippen molar-refractivity contribution in [1.82, 2.24) is 15.1 Å². The van der Waals surface area contributed by atoms with Gasteiger partial charge in [0.05, 0.1) is 11.7 Å². The quantitative estimate of drug-likeness (QED) is 0.648. The highest BCUT2D eigenvalue weighted by atomic mass is 16.5. The Balaban J connectivity index is 1.91. The van der Waals surface area contributed by atoms with Gasteiger partial charge in [0.2, 0.25) is 0 Å². The number of carbonyl (C=O) groups excluding carboxylic acids is 2. The maximum absolute atomic E-state index is 13.5.